The summed E-state index contributed by atoms with van der Waals surface area (Å²) in [6.45, 7) is 5.25. The highest BCUT2D eigenvalue weighted by molar-refractivity contribution is 5.30. The number of aliphatic hydroxyl groups excluding tert-OH is 1. The van der Waals surface area contributed by atoms with Crippen molar-refractivity contribution in [3.05, 3.63) is 0 Å². The lowest BCUT2D eigenvalue weighted by Gasteiger charge is -2.68. The van der Waals surface area contributed by atoms with E-state index in [1.165, 1.54) is 6.92 Å². The van der Waals surface area contributed by atoms with E-state index in [0.717, 1.165) is 6.42 Å². The highest BCUT2D eigenvalue weighted by atomic mass is 16.8. The first kappa shape index (κ1) is 14.4. The molecule has 5 fully saturated rings. The Morgan fingerprint density at radius 3 is 2.48 bits per heavy atom. The zero-order valence-electron chi connectivity index (χ0n) is 12.7. The molecule has 21 heavy (non-hydrogen) atoms. The largest absolute Gasteiger partial charge is 0.388 e. The number of aliphatic hydroxyl groups is 4. The van der Waals surface area contributed by atoms with Gasteiger partial charge in [-0.2, -0.15) is 0 Å². The fourth-order valence-corrected chi connectivity index (χ4v) is 5.77. The van der Waals surface area contributed by atoms with Gasteiger partial charge < -0.3 is 29.9 Å². The average molecular weight is 300 g/mol. The zero-order chi connectivity index (χ0) is 15.5. The molecule has 0 aromatic heterocycles. The maximum absolute atomic E-state index is 11.6. The van der Waals surface area contributed by atoms with Gasteiger partial charge in [-0.3, -0.25) is 0 Å². The van der Waals surface area contributed by atoms with Crippen molar-refractivity contribution in [1.29, 1.82) is 0 Å². The minimum atomic E-state index is -1.83. The van der Waals surface area contributed by atoms with Crippen LogP contribution < -0.4 is 0 Å². The summed E-state index contributed by atoms with van der Waals surface area (Å²) in [6, 6.07) is 0. The summed E-state index contributed by atoms with van der Waals surface area (Å²) in [6.07, 6.45) is -0.808. The SMILES string of the molecule is C[C@@H]1CC[C@@]2(O)[C@@]13C[C@@]1(O)O[C@@H](OC[C@]2(C)[C@@]1(C)O)[C@@H]3O. The Morgan fingerprint density at radius 2 is 1.81 bits per heavy atom. The minimum absolute atomic E-state index is 0.00699. The van der Waals surface area contributed by atoms with Gasteiger partial charge in [0.1, 0.15) is 11.7 Å². The monoisotopic (exact) mass is 300 g/mol. The normalized spacial score (nSPS) is 69.0. The lowest BCUT2D eigenvalue weighted by Crippen LogP contribution is -2.82. The van der Waals surface area contributed by atoms with Crippen LogP contribution in [-0.2, 0) is 9.47 Å². The van der Waals surface area contributed by atoms with Crippen molar-refractivity contribution in [3.63, 3.8) is 0 Å². The number of fused-ring (bicyclic) bond motifs is 1. The Bertz CT molecular complexity index is 506. The van der Waals surface area contributed by atoms with Crippen LogP contribution in [0.25, 0.3) is 0 Å². The summed E-state index contributed by atoms with van der Waals surface area (Å²) in [5.74, 6) is -1.82. The van der Waals surface area contributed by atoms with E-state index >= 15 is 0 Å². The quantitative estimate of drug-likeness (QED) is 0.491. The second-order valence-electron chi connectivity index (χ2n) is 7.95. The van der Waals surface area contributed by atoms with Crippen molar-refractivity contribution in [3.8, 4) is 0 Å². The van der Waals surface area contributed by atoms with Gasteiger partial charge in [-0.1, -0.05) is 13.8 Å². The van der Waals surface area contributed by atoms with Crippen LogP contribution in [0, 0.1) is 16.7 Å². The molecule has 120 valence electrons. The van der Waals surface area contributed by atoms with E-state index in [2.05, 4.69) is 0 Å². The maximum atomic E-state index is 11.6. The van der Waals surface area contributed by atoms with Crippen molar-refractivity contribution in [2.24, 2.45) is 16.7 Å². The molecule has 4 N–H and O–H groups in total. The molecule has 5 aliphatic rings. The Balaban J connectivity index is 2.05. The first-order valence-corrected chi connectivity index (χ1v) is 7.70. The highest BCUT2D eigenvalue weighted by Gasteiger charge is 2.85. The van der Waals surface area contributed by atoms with Gasteiger partial charge in [-0.05, 0) is 25.7 Å². The molecule has 3 heterocycles. The average Bonchev–Trinajstić information content (AvgIpc) is 2.61. The van der Waals surface area contributed by atoms with E-state index < -0.39 is 40.2 Å². The van der Waals surface area contributed by atoms with Gasteiger partial charge in [0.2, 0.25) is 0 Å². The Morgan fingerprint density at radius 1 is 1.14 bits per heavy atom. The number of rotatable bonds is 0. The van der Waals surface area contributed by atoms with Crippen molar-refractivity contribution < 1.29 is 29.9 Å². The van der Waals surface area contributed by atoms with E-state index in [1.807, 2.05) is 6.92 Å². The predicted octanol–water partition coefficient (Wildman–Crippen LogP) is -0.269. The second kappa shape index (κ2) is 3.47. The van der Waals surface area contributed by atoms with E-state index in [4.69, 9.17) is 9.47 Å². The third-order valence-electron chi connectivity index (χ3n) is 7.50. The topological polar surface area (TPSA) is 99.4 Å². The van der Waals surface area contributed by atoms with Crippen molar-refractivity contribution in [2.75, 3.05) is 6.61 Å². The van der Waals surface area contributed by atoms with Gasteiger partial charge in [0, 0.05) is 11.8 Å². The Kier molecular flexibility index (Phi) is 2.37. The van der Waals surface area contributed by atoms with Gasteiger partial charge in [-0.15, -0.1) is 0 Å². The summed E-state index contributed by atoms with van der Waals surface area (Å²) in [5, 5.41) is 44.5. The van der Waals surface area contributed by atoms with Gasteiger partial charge in [0.05, 0.1) is 17.6 Å². The number of hydrogen-bond acceptors (Lipinski definition) is 6. The van der Waals surface area contributed by atoms with Crippen LogP contribution in [0.3, 0.4) is 0 Å². The fourth-order valence-electron chi connectivity index (χ4n) is 5.77. The van der Waals surface area contributed by atoms with Crippen LogP contribution in [0.4, 0.5) is 0 Å². The fraction of sp³-hybridized carbons (Fsp3) is 1.00. The van der Waals surface area contributed by atoms with Gasteiger partial charge >= 0.3 is 0 Å². The molecule has 0 aromatic rings. The molecule has 2 saturated carbocycles. The summed E-state index contributed by atoms with van der Waals surface area (Å²) in [4.78, 5) is 0. The lowest BCUT2D eigenvalue weighted by atomic mass is 9.43. The lowest BCUT2D eigenvalue weighted by molar-refractivity contribution is -0.448. The van der Waals surface area contributed by atoms with Crippen molar-refractivity contribution >= 4 is 0 Å². The summed E-state index contributed by atoms with van der Waals surface area (Å²) in [7, 11) is 0. The summed E-state index contributed by atoms with van der Waals surface area (Å²) < 4.78 is 11.2. The van der Waals surface area contributed by atoms with E-state index in [-0.39, 0.29) is 18.9 Å². The molecule has 1 spiro atoms. The first-order valence-electron chi connectivity index (χ1n) is 7.70. The highest BCUT2D eigenvalue weighted by Crippen LogP contribution is 2.74. The summed E-state index contributed by atoms with van der Waals surface area (Å²) >= 11 is 0. The molecule has 3 aliphatic heterocycles. The molecule has 0 radical (unpaired) electrons. The van der Waals surface area contributed by atoms with Crippen LogP contribution >= 0.6 is 0 Å². The number of hydrogen-bond donors (Lipinski definition) is 4. The van der Waals surface area contributed by atoms with E-state index in [1.54, 1.807) is 6.92 Å². The van der Waals surface area contributed by atoms with Crippen LogP contribution in [0.2, 0.25) is 0 Å². The molecule has 4 bridgehead atoms. The minimum Gasteiger partial charge on any atom is -0.388 e. The standard InChI is InChI=1S/C15H24O6/c1-8-4-5-14(18)11(2)7-20-10-9(16)13(8,14)6-15(19,21-10)12(11,3)17/h8-10,16-19H,4-7H2,1-3H3/t8-,9+,10-,11-,12-,13+,14+,15-/m1/s1. The molecule has 0 aromatic carbocycles. The van der Waals surface area contributed by atoms with Crippen molar-refractivity contribution in [2.45, 2.75) is 69.4 Å². The van der Waals surface area contributed by atoms with Crippen molar-refractivity contribution in [1.82, 2.24) is 0 Å². The molecular weight excluding hydrogens is 276 g/mol. The second-order valence-corrected chi connectivity index (χ2v) is 7.95. The van der Waals surface area contributed by atoms with Crippen LogP contribution in [-0.4, -0.2) is 56.4 Å². The molecule has 6 heteroatoms. The molecule has 8 atom stereocenters. The smallest absolute Gasteiger partial charge is 0.199 e. The van der Waals surface area contributed by atoms with Gasteiger partial charge in [0.25, 0.3) is 0 Å². The third kappa shape index (κ3) is 1.12. The van der Waals surface area contributed by atoms with Crippen LogP contribution in [0.15, 0.2) is 0 Å². The molecule has 6 nitrogen and oxygen atoms in total. The van der Waals surface area contributed by atoms with E-state index in [9.17, 15) is 20.4 Å². The Labute approximate surface area is 123 Å². The van der Waals surface area contributed by atoms with Crippen LogP contribution in [0.5, 0.6) is 0 Å². The maximum Gasteiger partial charge on any atom is 0.199 e. The summed E-state index contributed by atoms with van der Waals surface area (Å²) in [5.41, 5.74) is -5.01. The zero-order valence-corrected chi connectivity index (χ0v) is 12.7. The molecular formula is C15H24O6. The predicted molar refractivity (Wildman–Crippen MR) is 70.9 cm³/mol. The van der Waals surface area contributed by atoms with Gasteiger partial charge in [-0.25, -0.2) is 0 Å². The van der Waals surface area contributed by atoms with Crippen LogP contribution in [0.1, 0.15) is 40.0 Å². The molecule has 0 unspecified atom stereocenters. The Hall–Kier alpha value is -0.240. The molecule has 3 saturated heterocycles. The molecule has 2 aliphatic carbocycles. The van der Waals surface area contributed by atoms with E-state index in [0.29, 0.717) is 6.42 Å². The first-order chi connectivity index (χ1) is 9.56. The number of ether oxygens (including phenoxy) is 2. The van der Waals surface area contributed by atoms with Gasteiger partial charge in [0.15, 0.2) is 12.1 Å². The molecule has 0 amide bonds. The third-order valence-corrected chi connectivity index (χ3v) is 7.50. The molecule has 5 rings (SSSR count).